The topological polar surface area (TPSA) is 49.9 Å². The first-order valence-corrected chi connectivity index (χ1v) is 11.7. The van der Waals surface area contributed by atoms with Crippen molar-refractivity contribution >= 4 is 46.4 Å². The molecule has 2 amide bonds. The Labute approximate surface area is 202 Å². The minimum atomic E-state index is -0.324. The van der Waals surface area contributed by atoms with Gasteiger partial charge in [0.1, 0.15) is 6.54 Å². The van der Waals surface area contributed by atoms with Crippen molar-refractivity contribution in [3.63, 3.8) is 0 Å². The summed E-state index contributed by atoms with van der Waals surface area (Å²) in [7, 11) is 1.55. The second-order valence-corrected chi connectivity index (χ2v) is 9.10. The Balaban J connectivity index is 1.80. The fourth-order valence-electron chi connectivity index (χ4n) is 3.20. The summed E-state index contributed by atoms with van der Waals surface area (Å²) in [5, 5.41) is 2.71. The van der Waals surface area contributed by atoms with Gasteiger partial charge in [0.25, 0.3) is 5.91 Å². The van der Waals surface area contributed by atoms with Gasteiger partial charge in [0.2, 0.25) is 5.91 Å². The number of hydrogen-bond acceptors (Lipinski definition) is 4. The first kappa shape index (κ1) is 24.3. The highest BCUT2D eigenvalue weighted by Crippen LogP contribution is 2.21. The number of benzene rings is 2. The summed E-state index contributed by atoms with van der Waals surface area (Å²) in [5.74, 6) is -0.476. The molecule has 0 aliphatic heterocycles. The lowest BCUT2D eigenvalue weighted by atomic mass is 10.2. The van der Waals surface area contributed by atoms with Gasteiger partial charge in [-0.05, 0) is 35.2 Å². The van der Waals surface area contributed by atoms with Crippen LogP contribution in [-0.4, -0.2) is 48.4 Å². The molecule has 0 fully saturated rings. The summed E-state index contributed by atoms with van der Waals surface area (Å²) >= 11 is 13.7. The number of nitrogens with zero attached hydrogens (tertiary/aromatic N) is 2. The molecule has 168 valence electrons. The second-order valence-electron chi connectivity index (χ2n) is 7.19. The fourth-order valence-corrected chi connectivity index (χ4v) is 4.45. The molecule has 0 atom stereocenters. The lowest BCUT2D eigenvalue weighted by Crippen LogP contribution is -2.43. The van der Waals surface area contributed by atoms with Crippen LogP contribution >= 0.6 is 34.5 Å². The molecule has 0 bridgehead atoms. The van der Waals surface area contributed by atoms with E-state index in [0.717, 1.165) is 10.4 Å². The third-order valence-electron chi connectivity index (χ3n) is 4.78. The summed E-state index contributed by atoms with van der Waals surface area (Å²) in [6.45, 7) is 1.42. The van der Waals surface area contributed by atoms with Gasteiger partial charge in [0, 0.05) is 40.7 Å². The molecule has 0 radical (unpaired) electrons. The van der Waals surface area contributed by atoms with Gasteiger partial charge in [-0.3, -0.25) is 9.59 Å². The standard InChI is InChI=1S/C24H24Cl2N2O3S/c1-31-10-9-27(24(30)19-12-20(25)14-21(26)13-19)17-23(29)28(16-22-8-5-11-32-22)15-18-6-3-2-4-7-18/h2-8,11-14H,9-10,15-17H2,1H3. The Morgan fingerprint density at radius 3 is 2.28 bits per heavy atom. The van der Waals surface area contributed by atoms with E-state index in [9.17, 15) is 9.59 Å². The largest absolute Gasteiger partial charge is 0.383 e. The number of rotatable bonds is 10. The van der Waals surface area contributed by atoms with Gasteiger partial charge in [-0.2, -0.15) is 0 Å². The molecule has 1 aromatic heterocycles. The summed E-state index contributed by atoms with van der Waals surface area (Å²) in [4.78, 5) is 30.8. The normalized spacial score (nSPS) is 10.7. The van der Waals surface area contributed by atoms with Crippen molar-refractivity contribution in [2.24, 2.45) is 0 Å². The third kappa shape index (κ3) is 7.07. The fraction of sp³-hybridized carbons (Fsp3) is 0.250. The van der Waals surface area contributed by atoms with Crippen LogP contribution < -0.4 is 0 Å². The summed E-state index contributed by atoms with van der Waals surface area (Å²) < 4.78 is 5.16. The van der Waals surface area contributed by atoms with Crippen LogP contribution in [-0.2, 0) is 22.6 Å². The van der Waals surface area contributed by atoms with Crippen molar-refractivity contribution in [2.75, 3.05) is 26.8 Å². The number of halogens is 2. The number of thiophene rings is 1. The van der Waals surface area contributed by atoms with Gasteiger partial charge in [-0.25, -0.2) is 0 Å². The molecule has 3 aromatic rings. The predicted molar refractivity (Wildman–Crippen MR) is 129 cm³/mol. The molecule has 0 aliphatic rings. The van der Waals surface area contributed by atoms with Crippen molar-refractivity contribution in [3.8, 4) is 0 Å². The van der Waals surface area contributed by atoms with Crippen LogP contribution in [0.15, 0.2) is 66.0 Å². The Bertz CT molecular complexity index is 1010. The molecule has 8 heteroatoms. The molecule has 5 nitrogen and oxygen atoms in total. The van der Waals surface area contributed by atoms with E-state index < -0.39 is 0 Å². The number of carbonyl (C=O) groups is 2. The maximum atomic E-state index is 13.4. The molecule has 1 heterocycles. The maximum Gasteiger partial charge on any atom is 0.254 e. The van der Waals surface area contributed by atoms with Crippen molar-refractivity contribution < 1.29 is 14.3 Å². The minimum absolute atomic E-state index is 0.0788. The quantitative estimate of drug-likeness (QED) is 0.383. The van der Waals surface area contributed by atoms with Gasteiger partial charge < -0.3 is 14.5 Å². The maximum absolute atomic E-state index is 13.4. The number of methoxy groups -OCH3 is 1. The van der Waals surface area contributed by atoms with E-state index >= 15 is 0 Å². The van der Waals surface area contributed by atoms with E-state index in [0.29, 0.717) is 35.3 Å². The zero-order chi connectivity index (χ0) is 22.9. The molecule has 0 saturated carbocycles. The zero-order valence-electron chi connectivity index (χ0n) is 17.7. The highest BCUT2D eigenvalue weighted by Gasteiger charge is 2.23. The van der Waals surface area contributed by atoms with Crippen LogP contribution in [0.1, 0.15) is 20.8 Å². The molecular weight excluding hydrogens is 467 g/mol. The molecular formula is C24H24Cl2N2O3S. The molecule has 0 spiro atoms. The zero-order valence-corrected chi connectivity index (χ0v) is 20.0. The van der Waals surface area contributed by atoms with Gasteiger partial charge >= 0.3 is 0 Å². The van der Waals surface area contributed by atoms with Gasteiger partial charge in [-0.15, -0.1) is 11.3 Å². The predicted octanol–water partition coefficient (Wildman–Crippen LogP) is 5.37. The van der Waals surface area contributed by atoms with Crippen LogP contribution in [0.4, 0.5) is 0 Å². The molecule has 0 aliphatic carbocycles. The molecule has 2 aromatic carbocycles. The third-order valence-corrected chi connectivity index (χ3v) is 6.08. The molecule has 3 rings (SSSR count). The van der Waals surface area contributed by atoms with E-state index in [-0.39, 0.29) is 24.9 Å². The summed E-state index contributed by atoms with van der Waals surface area (Å²) in [5.41, 5.74) is 1.35. The Morgan fingerprint density at radius 1 is 0.938 bits per heavy atom. The average molecular weight is 491 g/mol. The molecule has 0 saturated heterocycles. The average Bonchev–Trinajstić information content (AvgIpc) is 3.29. The first-order chi connectivity index (χ1) is 15.5. The smallest absolute Gasteiger partial charge is 0.254 e. The number of ether oxygens (including phenoxy) is 1. The van der Waals surface area contributed by atoms with E-state index in [1.807, 2.05) is 47.8 Å². The molecule has 32 heavy (non-hydrogen) atoms. The number of hydrogen-bond donors (Lipinski definition) is 0. The van der Waals surface area contributed by atoms with Gasteiger partial charge in [0.05, 0.1) is 13.2 Å². The summed E-state index contributed by atoms with van der Waals surface area (Å²) in [6, 6.07) is 18.4. The lowest BCUT2D eigenvalue weighted by molar-refractivity contribution is -0.133. The molecule has 0 N–H and O–H groups in total. The van der Waals surface area contributed by atoms with E-state index in [2.05, 4.69) is 0 Å². The monoisotopic (exact) mass is 490 g/mol. The SMILES string of the molecule is COCCN(CC(=O)N(Cc1ccccc1)Cc1cccs1)C(=O)c1cc(Cl)cc(Cl)c1. The minimum Gasteiger partial charge on any atom is -0.383 e. The van der Waals surface area contributed by atoms with Crippen molar-refractivity contribution in [1.29, 1.82) is 0 Å². The highest BCUT2D eigenvalue weighted by atomic mass is 35.5. The number of amides is 2. The lowest BCUT2D eigenvalue weighted by Gasteiger charge is -2.27. The van der Waals surface area contributed by atoms with Crippen LogP contribution in [0.25, 0.3) is 0 Å². The van der Waals surface area contributed by atoms with Crippen LogP contribution in [0.2, 0.25) is 10.0 Å². The van der Waals surface area contributed by atoms with Crippen molar-refractivity contribution in [2.45, 2.75) is 13.1 Å². The Kier molecular flexibility index (Phi) is 9.11. The van der Waals surface area contributed by atoms with E-state index in [1.165, 1.54) is 4.90 Å². The molecule has 0 unspecified atom stereocenters. The van der Waals surface area contributed by atoms with Crippen LogP contribution in [0.3, 0.4) is 0 Å². The van der Waals surface area contributed by atoms with Crippen LogP contribution in [0.5, 0.6) is 0 Å². The number of carbonyl (C=O) groups excluding carboxylic acids is 2. The van der Waals surface area contributed by atoms with Crippen LogP contribution in [0, 0.1) is 0 Å². The Hall–Kier alpha value is -2.38. The van der Waals surface area contributed by atoms with Gasteiger partial charge in [-0.1, -0.05) is 59.6 Å². The highest BCUT2D eigenvalue weighted by molar-refractivity contribution is 7.09. The second kappa shape index (κ2) is 12.0. The summed E-state index contributed by atoms with van der Waals surface area (Å²) in [6.07, 6.45) is 0. The van der Waals surface area contributed by atoms with Crippen molar-refractivity contribution in [3.05, 3.63) is 92.1 Å². The van der Waals surface area contributed by atoms with Crippen molar-refractivity contribution in [1.82, 2.24) is 9.80 Å². The van der Waals surface area contributed by atoms with E-state index in [1.54, 1.807) is 41.5 Å². The first-order valence-electron chi connectivity index (χ1n) is 10.0. The Morgan fingerprint density at radius 2 is 1.66 bits per heavy atom. The van der Waals surface area contributed by atoms with E-state index in [4.69, 9.17) is 27.9 Å². The van der Waals surface area contributed by atoms with Gasteiger partial charge in [0.15, 0.2) is 0 Å².